The number of hydrogen-bond donors (Lipinski definition) is 0. The molecular formula is C17H10Cl2N4. The van der Waals surface area contributed by atoms with Gasteiger partial charge in [-0.1, -0.05) is 23.2 Å². The second kappa shape index (κ2) is 5.65. The summed E-state index contributed by atoms with van der Waals surface area (Å²) in [4.78, 5) is 13.1. The summed E-state index contributed by atoms with van der Waals surface area (Å²) in [6.45, 7) is 0. The first-order valence-corrected chi connectivity index (χ1v) is 7.68. The van der Waals surface area contributed by atoms with Gasteiger partial charge in [-0.05, 0) is 42.5 Å². The topological polar surface area (TPSA) is 43.6 Å². The van der Waals surface area contributed by atoms with Crippen LogP contribution in [0.25, 0.3) is 28.1 Å². The van der Waals surface area contributed by atoms with E-state index in [1.165, 1.54) is 0 Å². The fourth-order valence-corrected chi connectivity index (χ4v) is 2.71. The molecule has 0 N–H and O–H groups in total. The number of rotatable bonds is 2. The van der Waals surface area contributed by atoms with E-state index in [1.54, 1.807) is 24.7 Å². The number of benzene rings is 1. The van der Waals surface area contributed by atoms with Crippen molar-refractivity contribution in [3.8, 4) is 17.1 Å². The van der Waals surface area contributed by atoms with Gasteiger partial charge in [0.1, 0.15) is 11.0 Å². The molecule has 0 spiro atoms. The third-order valence-electron chi connectivity index (χ3n) is 3.53. The zero-order chi connectivity index (χ0) is 15.8. The van der Waals surface area contributed by atoms with Gasteiger partial charge in [-0.2, -0.15) is 0 Å². The summed E-state index contributed by atoms with van der Waals surface area (Å²) in [6.07, 6.45) is 5.23. The lowest BCUT2D eigenvalue weighted by molar-refractivity contribution is 1.09. The first-order chi connectivity index (χ1) is 11.2. The van der Waals surface area contributed by atoms with Crippen LogP contribution in [0.2, 0.25) is 10.2 Å². The highest BCUT2D eigenvalue weighted by molar-refractivity contribution is 6.30. The average Bonchev–Trinajstić information content (AvgIpc) is 2.96. The molecule has 3 heterocycles. The van der Waals surface area contributed by atoms with Gasteiger partial charge < -0.3 is 0 Å². The maximum Gasteiger partial charge on any atom is 0.147 e. The van der Waals surface area contributed by atoms with Crippen molar-refractivity contribution >= 4 is 34.2 Å². The number of aromatic nitrogens is 4. The van der Waals surface area contributed by atoms with Gasteiger partial charge in [-0.3, -0.25) is 9.55 Å². The molecule has 0 saturated carbocycles. The standard InChI is InChI=1S/C17H10Cl2N4/c18-12-2-4-13(5-3-12)23-15-10-20-8-7-14(15)22-17(23)11-1-6-16(19)21-9-11/h1-10H. The summed E-state index contributed by atoms with van der Waals surface area (Å²) in [5.41, 5.74) is 3.61. The maximum absolute atomic E-state index is 6.00. The second-order valence-corrected chi connectivity index (χ2v) is 5.80. The Hall–Kier alpha value is -2.43. The summed E-state index contributed by atoms with van der Waals surface area (Å²) in [5.74, 6) is 0.777. The van der Waals surface area contributed by atoms with Gasteiger partial charge in [0, 0.05) is 28.7 Å². The van der Waals surface area contributed by atoms with Crippen LogP contribution in [-0.4, -0.2) is 19.5 Å². The Morgan fingerprint density at radius 1 is 0.870 bits per heavy atom. The molecule has 4 nitrogen and oxygen atoms in total. The minimum Gasteiger partial charge on any atom is -0.291 e. The molecule has 0 fully saturated rings. The third-order valence-corrected chi connectivity index (χ3v) is 4.00. The summed E-state index contributed by atoms with van der Waals surface area (Å²) < 4.78 is 2.03. The molecule has 112 valence electrons. The van der Waals surface area contributed by atoms with Crippen molar-refractivity contribution in [2.45, 2.75) is 0 Å². The molecule has 0 aliphatic rings. The molecule has 0 radical (unpaired) electrons. The Balaban J connectivity index is 2.01. The Kier molecular flexibility index (Phi) is 3.48. The van der Waals surface area contributed by atoms with Crippen LogP contribution in [0.15, 0.2) is 61.1 Å². The average molecular weight is 341 g/mol. The van der Waals surface area contributed by atoms with E-state index in [0.717, 1.165) is 28.1 Å². The van der Waals surface area contributed by atoms with Crippen molar-refractivity contribution in [1.29, 1.82) is 0 Å². The molecule has 0 atom stereocenters. The summed E-state index contributed by atoms with van der Waals surface area (Å²) in [6, 6.07) is 13.1. The fourth-order valence-electron chi connectivity index (χ4n) is 2.48. The van der Waals surface area contributed by atoms with Crippen LogP contribution in [0.1, 0.15) is 0 Å². The number of fused-ring (bicyclic) bond motifs is 1. The molecule has 23 heavy (non-hydrogen) atoms. The first-order valence-electron chi connectivity index (χ1n) is 6.93. The summed E-state index contributed by atoms with van der Waals surface area (Å²) in [7, 11) is 0. The lowest BCUT2D eigenvalue weighted by Gasteiger charge is -2.09. The third kappa shape index (κ3) is 2.56. The molecular weight excluding hydrogens is 331 g/mol. The van der Waals surface area contributed by atoms with E-state index < -0.39 is 0 Å². The highest BCUT2D eigenvalue weighted by Gasteiger charge is 2.14. The molecule has 4 aromatic rings. The van der Waals surface area contributed by atoms with Crippen LogP contribution in [0.4, 0.5) is 0 Å². The van der Waals surface area contributed by atoms with Crippen LogP contribution in [-0.2, 0) is 0 Å². The van der Waals surface area contributed by atoms with Crippen molar-refractivity contribution < 1.29 is 0 Å². The van der Waals surface area contributed by atoms with E-state index in [-0.39, 0.29) is 0 Å². The van der Waals surface area contributed by atoms with Crippen molar-refractivity contribution in [2.24, 2.45) is 0 Å². The SMILES string of the molecule is Clc1ccc(-n2c(-c3ccc(Cl)nc3)nc3ccncc32)cc1. The quantitative estimate of drug-likeness (QED) is 0.493. The van der Waals surface area contributed by atoms with E-state index in [9.17, 15) is 0 Å². The number of halogens is 2. The van der Waals surface area contributed by atoms with Crippen molar-refractivity contribution in [3.63, 3.8) is 0 Å². The van der Waals surface area contributed by atoms with Gasteiger partial charge in [0.15, 0.2) is 0 Å². The van der Waals surface area contributed by atoms with Crippen LogP contribution < -0.4 is 0 Å². The van der Waals surface area contributed by atoms with Crippen molar-refractivity contribution in [2.75, 3.05) is 0 Å². The van der Waals surface area contributed by atoms with E-state index in [2.05, 4.69) is 9.97 Å². The zero-order valence-electron chi connectivity index (χ0n) is 11.8. The van der Waals surface area contributed by atoms with Crippen molar-refractivity contribution in [3.05, 3.63) is 71.2 Å². The molecule has 6 heteroatoms. The normalized spacial score (nSPS) is 11.0. The van der Waals surface area contributed by atoms with Gasteiger partial charge in [0.25, 0.3) is 0 Å². The Morgan fingerprint density at radius 3 is 2.43 bits per heavy atom. The number of pyridine rings is 2. The summed E-state index contributed by atoms with van der Waals surface area (Å²) >= 11 is 11.9. The second-order valence-electron chi connectivity index (χ2n) is 4.98. The summed E-state index contributed by atoms with van der Waals surface area (Å²) in [5, 5.41) is 1.13. The molecule has 4 rings (SSSR count). The van der Waals surface area contributed by atoms with Crippen LogP contribution in [0.3, 0.4) is 0 Å². The van der Waals surface area contributed by atoms with E-state index in [4.69, 9.17) is 28.2 Å². The van der Waals surface area contributed by atoms with Gasteiger partial charge in [0.05, 0.1) is 17.2 Å². The fraction of sp³-hybridized carbons (Fsp3) is 0. The van der Waals surface area contributed by atoms with Gasteiger partial charge in [0.2, 0.25) is 0 Å². The maximum atomic E-state index is 6.00. The predicted octanol–water partition coefficient (Wildman–Crippen LogP) is 4.79. The van der Waals surface area contributed by atoms with Gasteiger partial charge >= 0.3 is 0 Å². The zero-order valence-corrected chi connectivity index (χ0v) is 13.3. The minimum absolute atomic E-state index is 0.449. The molecule has 0 aliphatic heterocycles. The van der Waals surface area contributed by atoms with E-state index in [0.29, 0.717) is 10.2 Å². The first kappa shape index (κ1) is 14.2. The van der Waals surface area contributed by atoms with Gasteiger partial charge in [-0.15, -0.1) is 0 Å². The Labute approximate surface area is 142 Å². The smallest absolute Gasteiger partial charge is 0.147 e. The lowest BCUT2D eigenvalue weighted by Crippen LogP contribution is -1.97. The van der Waals surface area contributed by atoms with Gasteiger partial charge in [-0.25, -0.2) is 9.97 Å². The molecule has 0 saturated heterocycles. The number of hydrogen-bond acceptors (Lipinski definition) is 3. The Morgan fingerprint density at radius 2 is 1.70 bits per heavy atom. The van der Waals surface area contributed by atoms with Crippen LogP contribution in [0, 0.1) is 0 Å². The molecule has 0 aliphatic carbocycles. The van der Waals surface area contributed by atoms with E-state index >= 15 is 0 Å². The highest BCUT2D eigenvalue weighted by atomic mass is 35.5. The molecule has 0 unspecified atom stereocenters. The molecule has 0 amide bonds. The van der Waals surface area contributed by atoms with Crippen LogP contribution >= 0.6 is 23.2 Å². The highest BCUT2D eigenvalue weighted by Crippen LogP contribution is 2.28. The predicted molar refractivity (Wildman–Crippen MR) is 92.1 cm³/mol. The number of imidazole rings is 1. The Bertz CT molecular complexity index is 976. The van der Waals surface area contributed by atoms with E-state index in [1.807, 2.05) is 41.0 Å². The lowest BCUT2D eigenvalue weighted by atomic mass is 10.2. The molecule has 3 aromatic heterocycles. The monoisotopic (exact) mass is 340 g/mol. The van der Waals surface area contributed by atoms with Crippen LogP contribution in [0.5, 0.6) is 0 Å². The minimum atomic E-state index is 0.449. The molecule has 1 aromatic carbocycles. The van der Waals surface area contributed by atoms with Crippen molar-refractivity contribution in [1.82, 2.24) is 19.5 Å². The molecule has 0 bridgehead atoms. The largest absolute Gasteiger partial charge is 0.291 e. The number of nitrogens with zero attached hydrogens (tertiary/aromatic N) is 4.